The SMILES string of the molecule is O=C(O)CONC(=O)C=Cc1ccc(Cl)c(Cl)c1. The van der Waals surface area contributed by atoms with Gasteiger partial charge in [-0.1, -0.05) is 29.3 Å². The smallest absolute Gasteiger partial charge is 0.332 e. The van der Waals surface area contributed by atoms with Gasteiger partial charge in [0.2, 0.25) is 0 Å². The molecular formula is C11H9Cl2NO4. The Morgan fingerprint density at radius 2 is 2.06 bits per heavy atom. The highest BCUT2D eigenvalue weighted by Gasteiger charge is 2.00. The normalized spacial score (nSPS) is 10.6. The van der Waals surface area contributed by atoms with Gasteiger partial charge in [-0.3, -0.25) is 9.63 Å². The first-order valence-corrected chi connectivity index (χ1v) is 5.51. The maximum Gasteiger partial charge on any atom is 0.332 e. The number of benzene rings is 1. The lowest BCUT2D eigenvalue weighted by molar-refractivity contribution is -0.147. The number of aliphatic carboxylic acids is 1. The molecule has 18 heavy (non-hydrogen) atoms. The molecule has 1 aromatic rings. The number of carbonyl (C=O) groups excluding carboxylic acids is 1. The molecule has 0 heterocycles. The Balaban J connectivity index is 2.50. The topological polar surface area (TPSA) is 75.6 Å². The quantitative estimate of drug-likeness (QED) is 0.643. The van der Waals surface area contributed by atoms with E-state index in [1.807, 2.05) is 5.48 Å². The van der Waals surface area contributed by atoms with Crippen molar-refractivity contribution in [2.75, 3.05) is 6.61 Å². The Bertz CT molecular complexity index is 488. The van der Waals surface area contributed by atoms with Crippen LogP contribution in [-0.4, -0.2) is 23.6 Å². The molecular weight excluding hydrogens is 281 g/mol. The Morgan fingerprint density at radius 1 is 1.33 bits per heavy atom. The minimum Gasteiger partial charge on any atom is -0.479 e. The number of amides is 1. The van der Waals surface area contributed by atoms with E-state index in [2.05, 4.69) is 4.84 Å². The summed E-state index contributed by atoms with van der Waals surface area (Å²) >= 11 is 11.5. The molecule has 0 aromatic heterocycles. The van der Waals surface area contributed by atoms with E-state index in [-0.39, 0.29) is 0 Å². The predicted octanol–water partition coefficient (Wildman–Crippen LogP) is 2.14. The van der Waals surface area contributed by atoms with Crippen molar-refractivity contribution in [3.8, 4) is 0 Å². The van der Waals surface area contributed by atoms with E-state index >= 15 is 0 Å². The minimum absolute atomic E-state index is 0.376. The van der Waals surface area contributed by atoms with Crippen molar-refractivity contribution in [3.63, 3.8) is 0 Å². The number of carboxylic acids is 1. The van der Waals surface area contributed by atoms with Gasteiger partial charge >= 0.3 is 5.97 Å². The molecule has 0 aliphatic rings. The third-order valence-electron chi connectivity index (χ3n) is 1.74. The number of nitrogens with one attached hydrogen (secondary N) is 1. The Labute approximate surface area is 113 Å². The molecule has 0 unspecified atom stereocenters. The summed E-state index contributed by atoms with van der Waals surface area (Å²) in [6.45, 7) is -0.605. The molecule has 96 valence electrons. The number of hydrogen-bond donors (Lipinski definition) is 2. The van der Waals surface area contributed by atoms with Crippen LogP contribution in [-0.2, 0) is 14.4 Å². The molecule has 1 aromatic carbocycles. The first-order valence-electron chi connectivity index (χ1n) is 4.75. The number of hydrogen-bond acceptors (Lipinski definition) is 3. The van der Waals surface area contributed by atoms with Crippen molar-refractivity contribution in [1.29, 1.82) is 0 Å². The average Bonchev–Trinajstić information content (AvgIpc) is 2.30. The second-order valence-corrected chi connectivity index (χ2v) is 3.97. The van der Waals surface area contributed by atoms with Crippen molar-refractivity contribution in [1.82, 2.24) is 5.48 Å². The Hall–Kier alpha value is -1.56. The number of carboxylic acid groups (broad SMARTS) is 1. The highest BCUT2D eigenvalue weighted by atomic mass is 35.5. The largest absolute Gasteiger partial charge is 0.479 e. The van der Waals surface area contributed by atoms with Crippen LogP contribution in [0.2, 0.25) is 10.0 Å². The molecule has 5 nitrogen and oxygen atoms in total. The van der Waals surface area contributed by atoms with E-state index in [0.29, 0.717) is 15.6 Å². The molecule has 0 radical (unpaired) electrons. The molecule has 0 atom stereocenters. The average molecular weight is 290 g/mol. The highest BCUT2D eigenvalue weighted by molar-refractivity contribution is 6.42. The second-order valence-electron chi connectivity index (χ2n) is 3.16. The molecule has 2 N–H and O–H groups in total. The Morgan fingerprint density at radius 3 is 2.67 bits per heavy atom. The molecule has 7 heteroatoms. The van der Waals surface area contributed by atoms with Gasteiger partial charge in [-0.15, -0.1) is 0 Å². The number of carbonyl (C=O) groups is 2. The van der Waals surface area contributed by atoms with E-state index in [1.54, 1.807) is 18.2 Å². The summed E-state index contributed by atoms with van der Waals surface area (Å²) in [5.74, 6) is -1.76. The molecule has 1 amide bonds. The summed E-state index contributed by atoms with van der Waals surface area (Å²) in [6, 6.07) is 4.87. The van der Waals surface area contributed by atoms with E-state index in [1.165, 1.54) is 12.2 Å². The molecule has 0 spiro atoms. The highest BCUT2D eigenvalue weighted by Crippen LogP contribution is 2.22. The first kappa shape index (κ1) is 14.5. The van der Waals surface area contributed by atoms with Gasteiger partial charge in [-0.25, -0.2) is 10.3 Å². The zero-order valence-corrected chi connectivity index (χ0v) is 10.5. The van der Waals surface area contributed by atoms with Gasteiger partial charge in [0.25, 0.3) is 5.91 Å². The summed E-state index contributed by atoms with van der Waals surface area (Å²) in [5, 5.41) is 9.07. The van der Waals surface area contributed by atoms with Crippen molar-refractivity contribution < 1.29 is 19.5 Å². The van der Waals surface area contributed by atoms with Crippen LogP contribution < -0.4 is 5.48 Å². The molecule has 0 aliphatic carbocycles. The summed E-state index contributed by atoms with van der Waals surface area (Å²) < 4.78 is 0. The van der Waals surface area contributed by atoms with E-state index in [9.17, 15) is 9.59 Å². The predicted molar refractivity (Wildman–Crippen MR) is 67.2 cm³/mol. The van der Waals surface area contributed by atoms with Crippen LogP contribution in [0.3, 0.4) is 0 Å². The van der Waals surface area contributed by atoms with Crippen molar-refractivity contribution >= 4 is 41.2 Å². The van der Waals surface area contributed by atoms with E-state index in [4.69, 9.17) is 28.3 Å². The third-order valence-corrected chi connectivity index (χ3v) is 2.48. The lowest BCUT2D eigenvalue weighted by atomic mass is 10.2. The maximum atomic E-state index is 11.2. The van der Waals surface area contributed by atoms with Crippen LogP contribution in [0, 0.1) is 0 Å². The standard InChI is InChI=1S/C11H9Cl2NO4/c12-8-3-1-7(5-9(8)13)2-4-10(15)14-18-6-11(16)17/h1-5H,6H2,(H,14,15)(H,16,17). The number of rotatable bonds is 5. The van der Waals surface area contributed by atoms with Crippen LogP contribution in [0.25, 0.3) is 6.08 Å². The summed E-state index contributed by atoms with van der Waals surface area (Å²) in [6.07, 6.45) is 2.67. The number of hydroxylamine groups is 1. The van der Waals surface area contributed by atoms with Crippen molar-refractivity contribution in [3.05, 3.63) is 39.9 Å². The lowest BCUT2D eigenvalue weighted by Crippen LogP contribution is -2.24. The van der Waals surface area contributed by atoms with E-state index < -0.39 is 18.5 Å². The summed E-state index contributed by atoms with van der Waals surface area (Å²) in [5.41, 5.74) is 2.62. The minimum atomic E-state index is -1.18. The fourth-order valence-electron chi connectivity index (χ4n) is 0.991. The third kappa shape index (κ3) is 5.18. The summed E-state index contributed by atoms with van der Waals surface area (Å²) in [4.78, 5) is 25.7. The number of halogens is 2. The van der Waals surface area contributed by atoms with Gasteiger partial charge in [-0.2, -0.15) is 0 Å². The monoisotopic (exact) mass is 289 g/mol. The van der Waals surface area contributed by atoms with Gasteiger partial charge in [0, 0.05) is 6.08 Å². The van der Waals surface area contributed by atoms with Crippen LogP contribution in [0.1, 0.15) is 5.56 Å². The zero-order chi connectivity index (χ0) is 13.5. The molecule has 0 fully saturated rings. The molecule has 0 saturated heterocycles. The van der Waals surface area contributed by atoms with E-state index in [0.717, 1.165) is 0 Å². The molecule has 0 saturated carbocycles. The van der Waals surface area contributed by atoms with Gasteiger partial charge in [0.05, 0.1) is 10.0 Å². The fourth-order valence-corrected chi connectivity index (χ4v) is 1.30. The van der Waals surface area contributed by atoms with Crippen LogP contribution >= 0.6 is 23.2 Å². The van der Waals surface area contributed by atoms with Crippen LogP contribution in [0.4, 0.5) is 0 Å². The molecule has 0 aliphatic heterocycles. The molecule has 0 bridgehead atoms. The maximum absolute atomic E-state index is 11.2. The fraction of sp³-hybridized carbons (Fsp3) is 0.0909. The van der Waals surface area contributed by atoms with Crippen molar-refractivity contribution in [2.24, 2.45) is 0 Å². The summed E-state index contributed by atoms with van der Waals surface area (Å²) in [7, 11) is 0. The second kappa shape index (κ2) is 7.00. The molecule has 1 rings (SSSR count). The first-order chi connectivity index (χ1) is 8.49. The van der Waals surface area contributed by atoms with Gasteiger partial charge in [0.1, 0.15) is 0 Å². The van der Waals surface area contributed by atoms with Gasteiger partial charge in [-0.05, 0) is 23.8 Å². The zero-order valence-electron chi connectivity index (χ0n) is 9.02. The van der Waals surface area contributed by atoms with Crippen LogP contribution in [0.5, 0.6) is 0 Å². The van der Waals surface area contributed by atoms with Gasteiger partial charge < -0.3 is 5.11 Å². The van der Waals surface area contributed by atoms with Crippen LogP contribution in [0.15, 0.2) is 24.3 Å². The van der Waals surface area contributed by atoms with Crippen molar-refractivity contribution in [2.45, 2.75) is 0 Å². The Kier molecular flexibility index (Phi) is 5.64. The van der Waals surface area contributed by atoms with Gasteiger partial charge in [0.15, 0.2) is 6.61 Å². The lowest BCUT2D eigenvalue weighted by Gasteiger charge is -2.00.